The van der Waals surface area contributed by atoms with Crippen LogP contribution in [0, 0.1) is 0 Å². The first kappa shape index (κ1) is 14.3. The summed E-state index contributed by atoms with van der Waals surface area (Å²) in [5.41, 5.74) is 1.14. The number of benzene rings is 1. The monoisotopic (exact) mass is 283 g/mol. The summed E-state index contributed by atoms with van der Waals surface area (Å²) in [5, 5.41) is 12.6. The molecule has 19 heavy (non-hydrogen) atoms. The number of sulfone groups is 1. The molecule has 0 aromatic heterocycles. The van der Waals surface area contributed by atoms with Gasteiger partial charge < -0.3 is 10.4 Å². The quantitative estimate of drug-likeness (QED) is 0.878. The Balaban J connectivity index is 1.87. The molecule has 0 saturated carbocycles. The third-order valence-corrected chi connectivity index (χ3v) is 5.28. The minimum atomic E-state index is -2.85. The van der Waals surface area contributed by atoms with E-state index < -0.39 is 9.84 Å². The summed E-state index contributed by atoms with van der Waals surface area (Å²) < 4.78 is 23.1. The number of hydrogen-bond donors (Lipinski definition) is 2. The fourth-order valence-corrected chi connectivity index (χ4v) is 4.25. The second kappa shape index (κ2) is 5.92. The molecule has 2 atom stereocenters. The van der Waals surface area contributed by atoms with Gasteiger partial charge >= 0.3 is 0 Å². The van der Waals surface area contributed by atoms with Crippen LogP contribution in [0.5, 0.6) is 5.75 Å². The molecular weight excluding hydrogens is 262 g/mol. The maximum Gasteiger partial charge on any atom is 0.151 e. The Morgan fingerprint density at radius 1 is 1.37 bits per heavy atom. The Morgan fingerprint density at radius 3 is 2.68 bits per heavy atom. The maximum absolute atomic E-state index is 11.6. The van der Waals surface area contributed by atoms with E-state index in [9.17, 15) is 13.5 Å². The third-order valence-electron chi connectivity index (χ3n) is 3.46. The molecule has 1 aliphatic rings. The molecule has 0 bridgehead atoms. The Bertz CT molecular complexity index is 510. The molecule has 1 heterocycles. The zero-order valence-corrected chi connectivity index (χ0v) is 12.0. The lowest BCUT2D eigenvalue weighted by molar-refractivity contribution is 0.428. The van der Waals surface area contributed by atoms with Crippen LogP contribution >= 0.6 is 0 Å². The lowest BCUT2D eigenvalue weighted by atomic mass is 10.1. The molecule has 2 rings (SSSR count). The highest BCUT2D eigenvalue weighted by molar-refractivity contribution is 7.91. The van der Waals surface area contributed by atoms with Gasteiger partial charge in [0.2, 0.25) is 0 Å². The van der Waals surface area contributed by atoms with E-state index in [2.05, 4.69) is 12.2 Å². The molecule has 2 N–H and O–H groups in total. The normalized spacial score (nSPS) is 23.9. The number of phenolic OH excluding ortho intramolecular Hbond substituents is 1. The zero-order chi connectivity index (χ0) is 13.9. The highest BCUT2D eigenvalue weighted by Gasteiger charge is 2.25. The molecule has 0 aliphatic carbocycles. The lowest BCUT2D eigenvalue weighted by Gasteiger charge is -2.26. The predicted molar refractivity (Wildman–Crippen MR) is 76.1 cm³/mol. The molecule has 4 nitrogen and oxygen atoms in total. The fourth-order valence-electron chi connectivity index (χ4n) is 2.60. The van der Waals surface area contributed by atoms with Gasteiger partial charge in [-0.15, -0.1) is 0 Å². The van der Waals surface area contributed by atoms with E-state index in [4.69, 9.17) is 0 Å². The van der Waals surface area contributed by atoms with Crippen LogP contribution in [0.25, 0.3) is 0 Å². The first-order valence-electron chi connectivity index (χ1n) is 6.69. The van der Waals surface area contributed by atoms with Gasteiger partial charge in [-0.3, -0.25) is 0 Å². The smallest absolute Gasteiger partial charge is 0.151 e. The van der Waals surface area contributed by atoms with Crippen molar-refractivity contribution in [3.8, 4) is 5.75 Å². The zero-order valence-electron chi connectivity index (χ0n) is 11.2. The molecule has 106 valence electrons. The Morgan fingerprint density at radius 2 is 2.05 bits per heavy atom. The van der Waals surface area contributed by atoms with Gasteiger partial charge in [0.1, 0.15) is 5.75 Å². The summed E-state index contributed by atoms with van der Waals surface area (Å²) in [7, 11) is -2.85. The fraction of sp³-hybridized carbons (Fsp3) is 0.571. The van der Waals surface area contributed by atoms with Gasteiger partial charge in [0.15, 0.2) is 9.84 Å². The minimum absolute atomic E-state index is 0.0749. The summed E-state index contributed by atoms with van der Waals surface area (Å²) >= 11 is 0. The van der Waals surface area contributed by atoms with Crippen molar-refractivity contribution >= 4 is 9.84 Å². The average Bonchev–Trinajstić information content (AvgIpc) is 2.30. The van der Waals surface area contributed by atoms with Crippen LogP contribution in [-0.2, 0) is 16.3 Å². The van der Waals surface area contributed by atoms with Crippen molar-refractivity contribution in [1.82, 2.24) is 5.32 Å². The number of rotatable bonds is 4. The number of hydrogen-bond acceptors (Lipinski definition) is 4. The molecule has 1 aliphatic heterocycles. The first-order valence-corrected chi connectivity index (χ1v) is 8.51. The van der Waals surface area contributed by atoms with Gasteiger partial charge in [-0.1, -0.05) is 12.1 Å². The largest absolute Gasteiger partial charge is 0.508 e. The molecule has 0 spiro atoms. The molecule has 1 saturated heterocycles. The average molecular weight is 283 g/mol. The summed E-state index contributed by atoms with van der Waals surface area (Å²) in [4.78, 5) is 0. The molecule has 0 amide bonds. The van der Waals surface area contributed by atoms with Crippen molar-refractivity contribution in [1.29, 1.82) is 0 Å². The lowest BCUT2D eigenvalue weighted by Crippen LogP contribution is -2.44. The van der Waals surface area contributed by atoms with Gasteiger partial charge in [0.25, 0.3) is 0 Å². The van der Waals surface area contributed by atoms with E-state index in [1.165, 1.54) is 0 Å². The Kier molecular flexibility index (Phi) is 4.47. The highest BCUT2D eigenvalue weighted by atomic mass is 32.2. The van der Waals surface area contributed by atoms with Crippen molar-refractivity contribution in [2.45, 2.75) is 38.3 Å². The maximum atomic E-state index is 11.6. The molecule has 1 aromatic carbocycles. The molecule has 1 fully saturated rings. The Labute approximate surface area is 114 Å². The van der Waals surface area contributed by atoms with E-state index in [0.717, 1.165) is 24.8 Å². The standard InChI is InChI=1S/C14H21NO3S/c1-11(9-12-4-6-14(16)7-5-12)15-13-3-2-8-19(17,18)10-13/h4-7,11,13,15-16H,2-3,8-10H2,1H3. The summed E-state index contributed by atoms with van der Waals surface area (Å²) in [6.07, 6.45) is 2.52. The Hall–Kier alpha value is -1.07. The van der Waals surface area contributed by atoms with Gasteiger partial charge in [-0.2, -0.15) is 0 Å². The van der Waals surface area contributed by atoms with Crippen LogP contribution in [0.1, 0.15) is 25.3 Å². The van der Waals surface area contributed by atoms with Crippen LogP contribution < -0.4 is 5.32 Å². The first-order chi connectivity index (χ1) is 8.94. The number of phenols is 1. The van der Waals surface area contributed by atoms with Crippen molar-refractivity contribution < 1.29 is 13.5 Å². The number of nitrogens with one attached hydrogen (secondary N) is 1. The van der Waals surface area contributed by atoms with Gasteiger partial charge in [0, 0.05) is 12.1 Å². The SMILES string of the molecule is CC(Cc1ccc(O)cc1)NC1CCCS(=O)(=O)C1. The third kappa shape index (κ3) is 4.51. The van der Waals surface area contributed by atoms with E-state index in [0.29, 0.717) is 5.75 Å². The summed E-state index contributed by atoms with van der Waals surface area (Å²) in [6, 6.07) is 7.44. The molecular formula is C14H21NO3S. The summed E-state index contributed by atoms with van der Waals surface area (Å²) in [6.45, 7) is 2.06. The highest BCUT2D eigenvalue weighted by Crippen LogP contribution is 2.15. The van der Waals surface area contributed by atoms with Crippen LogP contribution in [-0.4, -0.2) is 37.1 Å². The van der Waals surface area contributed by atoms with Crippen molar-refractivity contribution in [2.24, 2.45) is 0 Å². The van der Waals surface area contributed by atoms with Crippen molar-refractivity contribution in [2.75, 3.05) is 11.5 Å². The van der Waals surface area contributed by atoms with E-state index in [1.807, 2.05) is 12.1 Å². The van der Waals surface area contributed by atoms with Crippen LogP contribution in [0.2, 0.25) is 0 Å². The van der Waals surface area contributed by atoms with Gasteiger partial charge in [-0.25, -0.2) is 8.42 Å². The van der Waals surface area contributed by atoms with E-state index in [1.54, 1.807) is 12.1 Å². The molecule has 1 aromatic rings. The van der Waals surface area contributed by atoms with Gasteiger partial charge in [0.05, 0.1) is 11.5 Å². The molecule has 5 heteroatoms. The number of aromatic hydroxyl groups is 1. The topological polar surface area (TPSA) is 66.4 Å². The van der Waals surface area contributed by atoms with Gasteiger partial charge in [-0.05, 0) is 43.9 Å². The van der Waals surface area contributed by atoms with E-state index >= 15 is 0 Å². The van der Waals surface area contributed by atoms with E-state index in [-0.39, 0.29) is 23.6 Å². The second-order valence-electron chi connectivity index (χ2n) is 5.39. The van der Waals surface area contributed by atoms with Crippen LogP contribution in [0.15, 0.2) is 24.3 Å². The summed E-state index contributed by atoms with van der Waals surface area (Å²) in [5.74, 6) is 0.854. The minimum Gasteiger partial charge on any atom is -0.508 e. The van der Waals surface area contributed by atoms with Crippen molar-refractivity contribution in [3.63, 3.8) is 0 Å². The molecule has 2 unspecified atom stereocenters. The predicted octanol–water partition coefficient (Wildman–Crippen LogP) is 1.49. The van der Waals surface area contributed by atoms with Crippen LogP contribution in [0.4, 0.5) is 0 Å². The second-order valence-corrected chi connectivity index (χ2v) is 7.62. The van der Waals surface area contributed by atoms with Crippen LogP contribution in [0.3, 0.4) is 0 Å². The molecule has 0 radical (unpaired) electrons. The van der Waals surface area contributed by atoms with Crippen molar-refractivity contribution in [3.05, 3.63) is 29.8 Å².